The largest absolute Gasteiger partial charge is 0.494 e. The number of carbonyl (C=O) groups is 2. The van der Waals surface area contributed by atoms with Crippen LogP contribution in [0, 0.1) is 20.8 Å². The van der Waals surface area contributed by atoms with Gasteiger partial charge in [-0.25, -0.2) is 4.79 Å². The fraction of sp³-hybridized carbons (Fsp3) is 0.259. The van der Waals surface area contributed by atoms with Crippen molar-refractivity contribution in [2.45, 2.75) is 39.8 Å². The Morgan fingerprint density at radius 3 is 2.36 bits per heavy atom. The Morgan fingerprint density at radius 1 is 0.909 bits per heavy atom. The number of aryl methyl sites for hydroxylation is 1. The van der Waals surface area contributed by atoms with Gasteiger partial charge >= 0.3 is 5.97 Å². The fourth-order valence-corrected chi connectivity index (χ4v) is 3.47. The molecule has 1 amide bonds. The fourth-order valence-electron chi connectivity index (χ4n) is 3.47. The van der Waals surface area contributed by atoms with Crippen LogP contribution in [0.1, 0.15) is 39.0 Å². The minimum atomic E-state index is -1.10. The molecule has 0 radical (unpaired) electrons. The molecule has 0 saturated heterocycles. The highest BCUT2D eigenvalue weighted by Gasteiger charge is 2.22. The van der Waals surface area contributed by atoms with E-state index in [9.17, 15) is 14.7 Å². The van der Waals surface area contributed by atoms with Crippen LogP contribution in [-0.2, 0) is 11.4 Å². The van der Waals surface area contributed by atoms with E-state index in [2.05, 4.69) is 11.4 Å². The number of carbonyl (C=O) groups excluding carboxylic acids is 1. The van der Waals surface area contributed by atoms with Crippen molar-refractivity contribution in [2.24, 2.45) is 0 Å². The molecule has 0 heterocycles. The van der Waals surface area contributed by atoms with Crippen molar-refractivity contribution in [3.8, 4) is 11.5 Å². The van der Waals surface area contributed by atoms with Gasteiger partial charge in [-0.3, -0.25) is 4.79 Å². The van der Waals surface area contributed by atoms with Crippen LogP contribution in [0.5, 0.6) is 11.5 Å². The summed E-state index contributed by atoms with van der Waals surface area (Å²) in [6.07, 6.45) is 0.145. The topological polar surface area (TPSA) is 84.9 Å². The molecule has 0 aliphatic heterocycles. The lowest BCUT2D eigenvalue weighted by molar-refractivity contribution is -0.139. The van der Waals surface area contributed by atoms with Crippen LogP contribution in [-0.4, -0.2) is 29.6 Å². The van der Waals surface area contributed by atoms with E-state index in [1.807, 2.05) is 57.2 Å². The van der Waals surface area contributed by atoms with E-state index in [1.54, 1.807) is 24.3 Å². The van der Waals surface area contributed by atoms with Crippen molar-refractivity contribution in [2.75, 3.05) is 6.61 Å². The monoisotopic (exact) mass is 447 g/mol. The third-order valence-corrected chi connectivity index (χ3v) is 5.48. The highest BCUT2D eigenvalue weighted by atomic mass is 16.5. The van der Waals surface area contributed by atoms with Crippen LogP contribution in [0.25, 0.3) is 0 Å². The second-order valence-corrected chi connectivity index (χ2v) is 7.95. The highest BCUT2D eigenvalue weighted by Crippen LogP contribution is 2.25. The third-order valence-electron chi connectivity index (χ3n) is 5.48. The number of nitrogens with one attached hydrogen (secondary N) is 1. The first-order valence-electron chi connectivity index (χ1n) is 10.8. The van der Waals surface area contributed by atoms with Gasteiger partial charge < -0.3 is 19.9 Å². The molecule has 0 spiro atoms. The van der Waals surface area contributed by atoms with Crippen molar-refractivity contribution in [1.29, 1.82) is 0 Å². The van der Waals surface area contributed by atoms with Gasteiger partial charge in [0.05, 0.1) is 6.61 Å². The Bertz CT molecular complexity index is 1110. The summed E-state index contributed by atoms with van der Waals surface area (Å²) in [4.78, 5) is 24.5. The van der Waals surface area contributed by atoms with Crippen LogP contribution < -0.4 is 14.8 Å². The number of ether oxygens (including phenoxy) is 2. The van der Waals surface area contributed by atoms with Gasteiger partial charge in [-0.05, 0) is 61.7 Å². The first-order valence-corrected chi connectivity index (χ1v) is 10.8. The summed E-state index contributed by atoms with van der Waals surface area (Å²) in [5.41, 5.74) is 4.24. The second-order valence-electron chi connectivity index (χ2n) is 7.95. The minimum Gasteiger partial charge on any atom is -0.494 e. The number of hydrogen-bond acceptors (Lipinski definition) is 4. The summed E-state index contributed by atoms with van der Waals surface area (Å²) in [6, 6.07) is 19.6. The van der Waals surface area contributed by atoms with E-state index in [-0.39, 0.29) is 13.0 Å². The molecular weight excluding hydrogens is 418 g/mol. The zero-order chi connectivity index (χ0) is 23.8. The lowest BCUT2D eigenvalue weighted by Gasteiger charge is -2.18. The molecule has 3 aromatic carbocycles. The molecule has 0 aliphatic carbocycles. The van der Waals surface area contributed by atoms with Crippen LogP contribution in [0.3, 0.4) is 0 Å². The quantitative estimate of drug-likeness (QED) is 0.464. The average Bonchev–Trinajstić information content (AvgIpc) is 2.80. The molecule has 3 rings (SSSR count). The Hall–Kier alpha value is -3.80. The van der Waals surface area contributed by atoms with E-state index in [4.69, 9.17) is 9.47 Å². The van der Waals surface area contributed by atoms with Gasteiger partial charge in [0.1, 0.15) is 24.1 Å². The first-order chi connectivity index (χ1) is 15.8. The van der Waals surface area contributed by atoms with Gasteiger partial charge in [0.2, 0.25) is 0 Å². The summed E-state index contributed by atoms with van der Waals surface area (Å²) >= 11 is 0. The number of aliphatic carboxylic acids is 1. The van der Waals surface area contributed by atoms with E-state index >= 15 is 0 Å². The molecule has 1 unspecified atom stereocenters. The minimum absolute atomic E-state index is 0.145. The lowest BCUT2D eigenvalue weighted by Crippen LogP contribution is -2.42. The summed E-state index contributed by atoms with van der Waals surface area (Å²) in [5.74, 6) is -0.197. The molecule has 2 N–H and O–H groups in total. The Balaban J connectivity index is 1.62. The summed E-state index contributed by atoms with van der Waals surface area (Å²) in [6.45, 7) is 6.35. The van der Waals surface area contributed by atoms with Gasteiger partial charge in [-0.1, -0.05) is 48.0 Å². The molecule has 3 aromatic rings. The molecule has 172 valence electrons. The Kier molecular flexibility index (Phi) is 8.08. The standard InChI is InChI=1S/C27H29NO5/c1-18-8-7-9-21(16-18)17-33-25-13-12-23(19(2)20(25)3)26(29)28-24(27(30)31)14-15-32-22-10-5-4-6-11-22/h4-13,16,24H,14-15,17H2,1-3H3,(H,28,29)(H,30,31). The molecule has 0 bridgehead atoms. The summed E-state index contributed by atoms with van der Waals surface area (Å²) < 4.78 is 11.5. The highest BCUT2D eigenvalue weighted by molar-refractivity contribution is 5.98. The Labute approximate surface area is 194 Å². The molecule has 0 aliphatic rings. The van der Waals surface area contributed by atoms with Crippen LogP contribution in [0.2, 0.25) is 0 Å². The predicted octanol–water partition coefficient (Wildman–Crippen LogP) is 4.84. The molecular formula is C27H29NO5. The van der Waals surface area contributed by atoms with Gasteiger partial charge in [-0.15, -0.1) is 0 Å². The van der Waals surface area contributed by atoms with Crippen LogP contribution >= 0.6 is 0 Å². The number of hydrogen-bond donors (Lipinski definition) is 2. The maximum Gasteiger partial charge on any atom is 0.326 e. The predicted molar refractivity (Wildman–Crippen MR) is 127 cm³/mol. The lowest BCUT2D eigenvalue weighted by atomic mass is 10.0. The smallest absolute Gasteiger partial charge is 0.326 e. The number of para-hydroxylation sites is 1. The van der Waals surface area contributed by atoms with E-state index in [0.29, 0.717) is 23.7 Å². The molecule has 0 fully saturated rings. The van der Waals surface area contributed by atoms with Crippen molar-refractivity contribution in [1.82, 2.24) is 5.32 Å². The van der Waals surface area contributed by atoms with Crippen LogP contribution in [0.15, 0.2) is 66.7 Å². The van der Waals surface area contributed by atoms with Crippen molar-refractivity contribution in [3.05, 3.63) is 94.5 Å². The SMILES string of the molecule is Cc1cccc(COc2ccc(C(=O)NC(CCOc3ccccc3)C(=O)O)c(C)c2C)c1. The normalized spacial score (nSPS) is 11.5. The van der Waals surface area contributed by atoms with Crippen molar-refractivity contribution < 1.29 is 24.2 Å². The van der Waals surface area contributed by atoms with Gasteiger partial charge in [-0.2, -0.15) is 0 Å². The van der Waals surface area contributed by atoms with E-state index in [0.717, 1.165) is 22.3 Å². The molecule has 1 atom stereocenters. The summed E-state index contributed by atoms with van der Waals surface area (Å²) in [7, 11) is 0. The molecule has 6 nitrogen and oxygen atoms in total. The van der Waals surface area contributed by atoms with Gasteiger partial charge in [0.15, 0.2) is 0 Å². The molecule has 0 saturated carbocycles. The van der Waals surface area contributed by atoms with Crippen LogP contribution in [0.4, 0.5) is 0 Å². The Morgan fingerprint density at radius 2 is 1.67 bits per heavy atom. The molecule has 0 aromatic heterocycles. The van der Waals surface area contributed by atoms with Gasteiger partial charge in [0.25, 0.3) is 5.91 Å². The number of amides is 1. The maximum atomic E-state index is 12.8. The maximum absolute atomic E-state index is 12.8. The number of rotatable bonds is 10. The zero-order valence-corrected chi connectivity index (χ0v) is 19.1. The zero-order valence-electron chi connectivity index (χ0n) is 19.1. The van der Waals surface area contributed by atoms with Crippen molar-refractivity contribution in [3.63, 3.8) is 0 Å². The summed E-state index contributed by atoms with van der Waals surface area (Å²) in [5, 5.41) is 12.2. The number of carboxylic acid groups (broad SMARTS) is 1. The third kappa shape index (κ3) is 6.59. The van der Waals surface area contributed by atoms with E-state index in [1.165, 1.54) is 0 Å². The number of benzene rings is 3. The number of carboxylic acids is 1. The first kappa shape index (κ1) is 23.9. The van der Waals surface area contributed by atoms with Gasteiger partial charge in [0, 0.05) is 12.0 Å². The van der Waals surface area contributed by atoms with Crippen molar-refractivity contribution >= 4 is 11.9 Å². The van der Waals surface area contributed by atoms with E-state index < -0.39 is 17.9 Å². The average molecular weight is 448 g/mol. The molecule has 33 heavy (non-hydrogen) atoms. The molecule has 6 heteroatoms. The second kappa shape index (κ2) is 11.2.